The highest BCUT2D eigenvalue weighted by molar-refractivity contribution is 7.89. The lowest BCUT2D eigenvalue weighted by atomic mass is 9.92. The molecular weight excluding hydrogens is 314 g/mol. The van der Waals surface area contributed by atoms with E-state index >= 15 is 0 Å². The number of benzene rings is 1. The smallest absolute Gasteiger partial charge is 0.238 e. The van der Waals surface area contributed by atoms with Crippen LogP contribution in [0.25, 0.3) is 0 Å². The molecule has 0 bridgehead atoms. The number of hydrogen-bond donors (Lipinski definition) is 2. The molecule has 0 aliphatic carbocycles. The second-order valence-corrected chi connectivity index (χ2v) is 8.13. The standard InChI is InChI=1S/C16H25N3O3S/c1-12-9-13(2)11-19(10-12)8-7-16(20)18-14-3-5-15(6-4-14)23(17,21)22/h3-6,12-13H,7-11H2,1-2H3,(H,18,20)(H2,17,21,22). The Morgan fingerprint density at radius 2 is 1.78 bits per heavy atom. The van der Waals surface area contributed by atoms with Crippen LogP contribution in [-0.2, 0) is 14.8 Å². The van der Waals surface area contributed by atoms with Crippen molar-refractivity contribution < 1.29 is 13.2 Å². The van der Waals surface area contributed by atoms with Gasteiger partial charge >= 0.3 is 0 Å². The number of carbonyl (C=O) groups is 1. The molecule has 23 heavy (non-hydrogen) atoms. The van der Waals surface area contributed by atoms with Crippen LogP contribution in [0.2, 0.25) is 0 Å². The Balaban J connectivity index is 1.83. The van der Waals surface area contributed by atoms with E-state index in [4.69, 9.17) is 5.14 Å². The van der Waals surface area contributed by atoms with Gasteiger partial charge in [0.15, 0.2) is 0 Å². The van der Waals surface area contributed by atoms with Gasteiger partial charge in [0.25, 0.3) is 0 Å². The van der Waals surface area contributed by atoms with Crippen molar-refractivity contribution >= 4 is 21.6 Å². The summed E-state index contributed by atoms with van der Waals surface area (Å²) in [4.78, 5) is 14.4. The van der Waals surface area contributed by atoms with Gasteiger partial charge in [-0.25, -0.2) is 13.6 Å². The highest BCUT2D eigenvalue weighted by Crippen LogP contribution is 2.21. The minimum Gasteiger partial charge on any atom is -0.326 e. The number of nitrogens with zero attached hydrogens (tertiary/aromatic N) is 1. The summed E-state index contributed by atoms with van der Waals surface area (Å²) in [6.07, 6.45) is 1.68. The van der Waals surface area contributed by atoms with Crippen molar-refractivity contribution in [2.75, 3.05) is 25.0 Å². The predicted molar refractivity (Wildman–Crippen MR) is 90.4 cm³/mol. The second kappa shape index (κ2) is 7.42. The predicted octanol–water partition coefficient (Wildman–Crippen LogP) is 1.64. The third-order valence-corrected chi connectivity index (χ3v) is 5.00. The van der Waals surface area contributed by atoms with E-state index < -0.39 is 10.0 Å². The molecule has 128 valence electrons. The van der Waals surface area contributed by atoms with E-state index in [1.165, 1.54) is 18.6 Å². The fourth-order valence-electron chi connectivity index (χ4n) is 3.19. The second-order valence-electron chi connectivity index (χ2n) is 6.57. The molecule has 1 heterocycles. The van der Waals surface area contributed by atoms with Gasteiger partial charge in [0.1, 0.15) is 0 Å². The maximum absolute atomic E-state index is 12.0. The number of rotatable bonds is 5. The molecule has 1 aromatic rings. The zero-order valence-corrected chi connectivity index (χ0v) is 14.5. The summed E-state index contributed by atoms with van der Waals surface area (Å²) in [6.45, 7) is 7.32. The monoisotopic (exact) mass is 339 g/mol. The van der Waals surface area contributed by atoms with Gasteiger partial charge in [0.2, 0.25) is 15.9 Å². The molecule has 1 saturated heterocycles. The molecule has 7 heteroatoms. The van der Waals surface area contributed by atoms with Gasteiger partial charge < -0.3 is 10.2 Å². The molecule has 3 N–H and O–H groups in total. The van der Waals surface area contributed by atoms with Crippen LogP contribution in [-0.4, -0.2) is 38.9 Å². The van der Waals surface area contributed by atoms with Crippen LogP contribution in [0.3, 0.4) is 0 Å². The highest BCUT2D eigenvalue weighted by atomic mass is 32.2. The average molecular weight is 339 g/mol. The Hall–Kier alpha value is -1.44. The Labute approximate surface area is 138 Å². The molecule has 2 unspecified atom stereocenters. The number of sulfonamides is 1. The number of anilines is 1. The molecule has 2 rings (SSSR count). The SMILES string of the molecule is CC1CC(C)CN(CCC(=O)Nc2ccc(S(N)(=O)=O)cc2)C1. The first-order valence-corrected chi connectivity index (χ1v) is 9.43. The van der Waals surface area contributed by atoms with Crippen molar-refractivity contribution in [3.05, 3.63) is 24.3 Å². The number of piperidine rings is 1. The zero-order chi connectivity index (χ0) is 17.0. The number of likely N-dealkylation sites (tertiary alicyclic amines) is 1. The van der Waals surface area contributed by atoms with Gasteiger partial charge in [-0.1, -0.05) is 13.8 Å². The normalized spacial score (nSPS) is 22.7. The fourth-order valence-corrected chi connectivity index (χ4v) is 3.70. The van der Waals surface area contributed by atoms with Gasteiger partial charge in [-0.2, -0.15) is 0 Å². The van der Waals surface area contributed by atoms with Crippen LogP contribution in [0.15, 0.2) is 29.2 Å². The summed E-state index contributed by atoms with van der Waals surface area (Å²) < 4.78 is 22.4. The number of nitrogens with one attached hydrogen (secondary N) is 1. The van der Waals surface area contributed by atoms with Gasteiger partial charge in [0.05, 0.1) is 4.90 Å². The van der Waals surface area contributed by atoms with E-state index in [1.54, 1.807) is 12.1 Å². The van der Waals surface area contributed by atoms with E-state index in [0.717, 1.165) is 19.6 Å². The lowest BCUT2D eigenvalue weighted by Gasteiger charge is -2.34. The van der Waals surface area contributed by atoms with E-state index in [-0.39, 0.29) is 10.8 Å². The molecule has 0 aromatic heterocycles. The van der Waals surface area contributed by atoms with Crippen molar-refractivity contribution in [2.45, 2.75) is 31.6 Å². The molecule has 0 spiro atoms. The number of amides is 1. The van der Waals surface area contributed by atoms with Crippen molar-refractivity contribution in [3.8, 4) is 0 Å². The maximum atomic E-state index is 12.0. The van der Waals surface area contributed by atoms with E-state index in [1.807, 2.05) is 0 Å². The molecule has 2 atom stereocenters. The summed E-state index contributed by atoms with van der Waals surface area (Å²) >= 11 is 0. The van der Waals surface area contributed by atoms with Crippen LogP contribution < -0.4 is 10.5 Å². The minimum absolute atomic E-state index is 0.0341. The fraction of sp³-hybridized carbons (Fsp3) is 0.562. The Bertz CT molecular complexity index is 633. The van der Waals surface area contributed by atoms with Crippen LogP contribution in [0.5, 0.6) is 0 Å². The summed E-state index contributed by atoms with van der Waals surface area (Å²) in [7, 11) is -3.70. The largest absolute Gasteiger partial charge is 0.326 e. The molecule has 1 amide bonds. The van der Waals surface area contributed by atoms with Gasteiger partial charge in [-0.15, -0.1) is 0 Å². The number of nitrogens with two attached hydrogens (primary N) is 1. The van der Waals surface area contributed by atoms with Gasteiger partial charge in [-0.05, 0) is 42.5 Å². The summed E-state index contributed by atoms with van der Waals surface area (Å²) in [5, 5.41) is 7.82. The molecule has 0 radical (unpaired) electrons. The first-order chi connectivity index (χ1) is 10.7. The third-order valence-electron chi connectivity index (χ3n) is 4.07. The van der Waals surface area contributed by atoms with E-state index in [9.17, 15) is 13.2 Å². The van der Waals surface area contributed by atoms with Crippen LogP contribution >= 0.6 is 0 Å². The molecular formula is C16H25N3O3S. The Morgan fingerprint density at radius 1 is 1.22 bits per heavy atom. The van der Waals surface area contributed by atoms with Crippen molar-refractivity contribution in [3.63, 3.8) is 0 Å². The summed E-state index contributed by atoms with van der Waals surface area (Å²) in [5.41, 5.74) is 0.572. The first kappa shape index (κ1) is 17.9. The lowest BCUT2D eigenvalue weighted by molar-refractivity contribution is -0.116. The van der Waals surface area contributed by atoms with Gasteiger partial charge in [0, 0.05) is 31.7 Å². The number of primary sulfonamides is 1. The quantitative estimate of drug-likeness (QED) is 0.853. The Kier molecular flexibility index (Phi) is 5.78. The number of hydrogen-bond acceptors (Lipinski definition) is 4. The molecule has 1 fully saturated rings. The topological polar surface area (TPSA) is 92.5 Å². The molecule has 6 nitrogen and oxygen atoms in total. The summed E-state index contributed by atoms with van der Waals surface area (Å²) in [6, 6.07) is 5.86. The third kappa shape index (κ3) is 5.60. The van der Waals surface area contributed by atoms with E-state index in [2.05, 4.69) is 24.1 Å². The highest BCUT2D eigenvalue weighted by Gasteiger charge is 2.21. The summed E-state index contributed by atoms with van der Waals surface area (Å²) in [5.74, 6) is 1.28. The zero-order valence-electron chi connectivity index (χ0n) is 13.7. The van der Waals surface area contributed by atoms with Crippen molar-refractivity contribution in [2.24, 2.45) is 17.0 Å². The van der Waals surface area contributed by atoms with Crippen LogP contribution in [0.4, 0.5) is 5.69 Å². The number of carbonyl (C=O) groups excluding carboxylic acids is 1. The van der Waals surface area contributed by atoms with Crippen LogP contribution in [0.1, 0.15) is 26.7 Å². The lowest BCUT2D eigenvalue weighted by Crippen LogP contribution is -2.40. The van der Waals surface area contributed by atoms with Crippen molar-refractivity contribution in [1.82, 2.24) is 4.90 Å². The Morgan fingerprint density at radius 3 is 2.30 bits per heavy atom. The van der Waals surface area contributed by atoms with Gasteiger partial charge in [-0.3, -0.25) is 4.79 Å². The molecule has 1 aliphatic rings. The maximum Gasteiger partial charge on any atom is 0.238 e. The minimum atomic E-state index is -3.70. The van der Waals surface area contributed by atoms with Crippen molar-refractivity contribution in [1.29, 1.82) is 0 Å². The molecule has 1 aliphatic heterocycles. The first-order valence-electron chi connectivity index (χ1n) is 7.89. The molecule has 1 aromatic carbocycles. The van der Waals surface area contributed by atoms with Crippen LogP contribution in [0, 0.1) is 11.8 Å². The average Bonchev–Trinajstić information content (AvgIpc) is 2.44. The molecule has 0 saturated carbocycles. The van der Waals surface area contributed by atoms with E-state index in [0.29, 0.717) is 23.9 Å².